The van der Waals surface area contributed by atoms with Crippen molar-refractivity contribution in [1.29, 1.82) is 0 Å². The maximum absolute atomic E-state index is 12.7. The van der Waals surface area contributed by atoms with Crippen LogP contribution in [0.5, 0.6) is 0 Å². The molecule has 0 spiro atoms. The topological polar surface area (TPSA) is 73.9 Å². The molecule has 168 valence electrons. The van der Waals surface area contributed by atoms with E-state index in [1.54, 1.807) is 6.07 Å². The number of carbonyl (C=O) groups is 2. The molecule has 0 aliphatic carbocycles. The number of esters is 1. The van der Waals surface area contributed by atoms with E-state index in [1.165, 1.54) is 39.5 Å². The first kappa shape index (κ1) is 22.1. The molecule has 3 heterocycles. The number of hydrogen-bond acceptors (Lipinski definition) is 5. The number of ether oxygens (including phenoxy) is 1. The highest BCUT2D eigenvalue weighted by atomic mass is 35.5. The van der Waals surface area contributed by atoms with Crippen LogP contribution in [0.2, 0.25) is 5.02 Å². The highest BCUT2D eigenvalue weighted by molar-refractivity contribution is 6.31. The molecule has 31 heavy (non-hydrogen) atoms. The zero-order chi connectivity index (χ0) is 21.8. The van der Waals surface area contributed by atoms with Crippen molar-refractivity contribution in [2.75, 3.05) is 39.8 Å². The molecule has 0 aromatic heterocycles. The number of rotatable bonds is 5. The molecule has 2 saturated heterocycles. The standard InChI is InChI=1S/C23H31ClN4O3/c1-31-22(29)20-19(25-23(30)26-21(20)17-7-3-4-8-18(17)24)15-27-13-9-16(10-14-27)28-11-5-2-6-12-28/h3-4,7-8,16,21H,2,5-6,9-15H2,1H3,(H2,25,26,30)/t21-/m0/s1. The number of piperidine rings is 2. The number of nitrogens with zero attached hydrogens (tertiary/aromatic N) is 2. The third-order valence-corrected chi connectivity index (χ3v) is 6.97. The van der Waals surface area contributed by atoms with Crippen LogP contribution in [0.15, 0.2) is 35.5 Å². The Morgan fingerprint density at radius 3 is 2.52 bits per heavy atom. The molecule has 1 aromatic carbocycles. The van der Waals surface area contributed by atoms with Crippen LogP contribution in [0.25, 0.3) is 0 Å². The van der Waals surface area contributed by atoms with Gasteiger partial charge in [0.15, 0.2) is 0 Å². The van der Waals surface area contributed by atoms with Crippen LogP contribution in [-0.4, -0.2) is 67.7 Å². The van der Waals surface area contributed by atoms with Gasteiger partial charge in [-0.2, -0.15) is 0 Å². The third kappa shape index (κ3) is 5.05. The van der Waals surface area contributed by atoms with Crippen molar-refractivity contribution in [3.63, 3.8) is 0 Å². The maximum atomic E-state index is 12.7. The van der Waals surface area contributed by atoms with Gasteiger partial charge in [-0.3, -0.25) is 4.90 Å². The molecule has 3 aliphatic heterocycles. The summed E-state index contributed by atoms with van der Waals surface area (Å²) in [6, 6.07) is 6.91. The fourth-order valence-corrected chi connectivity index (χ4v) is 5.23. The molecule has 1 atom stereocenters. The second-order valence-electron chi connectivity index (χ2n) is 8.54. The van der Waals surface area contributed by atoms with Gasteiger partial charge in [0.2, 0.25) is 0 Å². The normalized spacial score (nSPS) is 23.9. The molecule has 4 rings (SSSR count). The van der Waals surface area contributed by atoms with Gasteiger partial charge in [-0.15, -0.1) is 0 Å². The molecule has 2 N–H and O–H groups in total. The molecular formula is C23H31ClN4O3. The lowest BCUT2D eigenvalue weighted by Gasteiger charge is -2.41. The molecule has 0 radical (unpaired) electrons. The fourth-order valence-electron chi connectivity index (χ4n) is 4.99. The Hall–Kier alpha value is -2.09. The van der Waals surface area contributed by atoms with Crippen molar-refractivity contribution in [3.8, 4) is 0 Å². The van der Waals surface area contributed by atoms with E-state index < -0.39 is 12.0 Å². The van der Waals surface area contributed by atoms with Crippen LogP contribution in [-0.2, 0) is 9.53 Å². The van der Waals surface area contributed by atoms with Gasteiger partial charge >= 0.3 is 12.0 Å². The predicted octanol–water partition coefficient (Wildman–Crippen LogP) is 3.07. The number of likely N-dealkylation sites (tertiary alicyclic amines) is 2. The van der Waals surface area contributed by atoms with Gasteiger partial charge in [-0.1, -0.05) is 36.2 Å². The summed E-state index contributed by atoms with van der Waals surface area (Å²) in [5, 5.41) is 6.19. The van der Waals surface area contributed by atoms with Crippen molar-refractivity contribution >= 4 is 23.6 Å². The maximum Gasteiger partial charge on any atom is 0.338 e. The summed E-state index contributed by atoms with van der Waals surface area (Å²) in [6.07, 6.45) is 6.18. The first-order valence-corrected chi connectivity index (χ1v) is 11.5. The Labute approximate surface area is 188 Å². The van der Waals surface area contributed by atoms with Crippen molar-refractivity contribution in [2.45, 2.75) is 44.2 Å². The van der Waals surface area contributed by atoms with Gasteiger partial charge in [0.05, 0.1) is 18.7 Å². The zero-order valence-electron chi connectivity index (χ0n) is 18.0. The van der Waals surface area contributed by atoms with Crippen molar-refractivity contribution in [2.24, 2.45) is 0 Å². The van der Waals surface area contributed by atoms with Crippen LogP contribution >= 0.6 is 11.6 Å². The second kappa shape index (κ2) is 10.0. The van der Waals surface area contributed by atoms with Gasteiger partial charge in [0, 0.05) is 36.4 Å². The molecule has 8 heteroatoms. The van der Waals surface area contributed by atoms with Crippen LogP contribution in [0, 0.1) is 0 Å². The molecule has 2 fully saturated rings. The summed E-state index contributed by atoms with van der Waals surface area (Å²) >= 11 is 6.39. The highest BCUT2D eigenvalue weighted by Gasteiger charge is 2.35. The molecule has 0 saturated carbocycles. The number of carbonyl (C=O) groups excluding carboxylic acids is 2. The van der Waals surface area contributed by atoms with Gasteiger partial charge in [-0.05, 0) is 50.4 Å². The summed E-state index contributed by atoms with van der Waals surface area (Å²) in [5.41, 5.74) is 1.69. The minimum atomic E-state index is -0.643. The minimum absolute atomic E-state index is 0.337. The van der Waals surface area contributed by atoms with Crippen molar-refractivity contribution in [3.05, 3.63) is 46.1 Å². The third-order valence-electron chi connectivity index (χ3n) is 6.62. The van der Waals surface area contributed by atoms with Crippen molar-refractivity contribution in [1.82, 2.24) is 20.4 Å². The predicted molar refractivity (Wildman–Crippen MR) is 120 cm³/mol. The lowest BCUT2D eigenvalue weighted by molar-refractivity contribution is -0.136. The van der Waals surface area contributed by atoms with E-state index in [9.17, 15) is 9.59 Å². The number of hydrogen-bond donors (Lipinski definition) is 2. The lowest BCUT2D eigenvalue weighted by Crippen LogP contribution is -2.51. The Morgan fingerprint density at radius 2 is 1.84 bits per heavy atom. The average Bonchev–Trinajstić information content (AvgIpc) is 2.80. The summed E-state index contributed by atoms with van der Waals surface area (Å²) in [6.45, 7) is 4.82. The quantitative estimate of drug-likeness (QED) is 0.680. The van der Waals surface area contributed by atoms with Crippen LogP contribution < -0.4 is 10.6 Å². The number of methoxy groups -OCH3 is 1. The molecule has 7 nitrogen and oxygen atoms in total. The highest BCUT2D eigenvalue weighted by Crippen LogP contribution is 2.32. The molecular weight excluding hydrogens is 416 g/mol. The van der Waals surface area contributed by atoms with Gasteiger partial charge in [-0.25, -0.2) is 9.59 Å². The van der Waals surface area contributed by atoms with Gasteiger partial charge in [0.25, 0.3) is 0 Å². The SMILES string of the molecule is COC(=O)C1=C(CN2CCC(N3CCCCC3)CC2)NC(=O)N[C@H]1c1ccccc1Cl. The molecule has 0 bridgehead atoms. The molecule has 0 unspecified atom stereocenters. The summed E-state index contributed by atoms with van der Waals surface area (Å²) in [7, 11) is 1.36. The van der Waals surface area contributed by atoms with E-state index in [-0.39, 0.29) is 6.03 Å². The summed E-state index contributed by atoms with van der Waals surface area (Å²) < 4.78 is 5.08. The van der Waals surface area contributed by atoms with Crippen LogP contribution in [0.1, 0.15) is 43.7 Å². The fraction of sp³-hybridized carbons (Fsp3) is 0.565. The monoisotopic (exact) mass is 446 g/mol. The lowest BCUT2D eigenvalue weighted by atomic mass is 9.94. The van der Waals surface area contributed by atoms with Gasteiger partial charge in [0.1, 0.15) is 0 Å². The Balaban J connectivity index is 1.52. The second-order valence-corrected chi connectivity index (χ2v) is 8.95. The number of benzene rings is 1. The largest absolute Gasteiger partial charge is 0.466 e. The van der Waals surface area contributed by atoms with E-state index in [4.69, 9.17) is 16.3 Å². The number of amides is 2. The Kier molecular flexibility index (Phi) is 7.15. The molecule has 1 aromatic rings. The number of urea groups is 1. The molecule has 3 aliphatic rings. The Morgan fingerprint density at radius 1 is 1.13 bits per heavy atom. The zero-order valence-corrected chi connectivity index (χ0v) is 18.8. The number of halogens is 1. The molecule has 2 amide bonds. The van der Waals surface area contributed by atoms with E-state index in [0.717, 1.165) is 25.9 Å². The Bertz CT molecular complexity index is 845. The smallest absolute Gasteiger partial charge is 0.338 e. The van der Waals surface area contributed by atoms with Crippen LogP contribution in [0.4, 0.5) is 4.79 Å². The first-order chi connectivity index (χ1) is 15.1. The summed E-state index contributed by atoms with van der Waals surface area (Å²) in [5.74, 6) is -0.462. The van der Waals surface area contributed by atoms with Gasteiger partial charge < -0.3 is 20.3 Å². The first-order valence-electron chi connectivity index (χ1n) is 11.2. The van der Waals surface area contributed by atoms with E-state index in [2.05, 4.69) is 20.4 Å². The number of nitrogens with one attached hydrogen (secondary N) is 2. The van der Waals surface area contributed by atoms with Crippen LogP contribution in [0.3, 0.4) is 0 Å². The van der Waals surface area contributed by atoms with E-state index >= 15 is 0 Å². The van der Waals surface area contributed by atoms with E-state index in [1.807, 2.05) is 18.2 Å². The van der Waals surface area contributed by atoms with Crippen molar-refractivity contribution < 1.29 is 14.3 Å². The summed E-state index contributed by atoms with van der Waals surface area (Å²) in [4.78, 5) is 30.1. The average molecular weight is 447 g/mol. The minimum Gasteiger partial charge on any atom is -0.466 e. The van der Waals surface area contributed by atoms with E-state index in [0.29, 0.717) is 34.4 Å².